The summed E-state index contributed by atoms with van der Waals surface area (Å²) in [5.41, 5.74) is 2.64. The lowest BCUT2D eigenvalue weighted by molar-refractivity contribution is 0.0934. The SMILES string of the molecule is O=C(NC(c1ccccc1)c1ccco1)c1cnc2ccccc2n1. The third kappa shape index (κ3) is 3.12. The van der Waals surface area contributed by atoms with Crippen molar-refractivity contribution in [3.63, 3.8) is 0 Å². The molecular formula is C20H15N3O2. The van der Waals surface area contributed by atoms with E-state index in [1.165, 1.54) is 6.20 Å². The van der Waals surface area contributed by atoms with Gasteiger partial charge in [0, 0.05) is 0 Å². The van der Waals surface area contributed by atoms with E-state index >= 15 is 0 Å². The van der Waals surface area contributed by atoms with Crippen molar-refractivity contribution in [1.82, 2.24) is 15.3 Å². The predicted octanol–water partition coefficient (Wildman–Crippen LogP) is 3.74. The molecule has 0 fully saturated rings. The van der Waals surface area contributed by atoms with Gasteiger partial charge in [-0.25, -0.2) is 4.98 Å². The number of benzene rings is 2. The first-order valence-electron chi connectivity index (χ1n) is 7.92. The molecule has 0 aliphatic rings. The lowest BCUT2D eigenvalue weighted by Gasteiger charge is -2.17. The minimum atomic E-state index is -0.392. The molecule has 0 saturated carbocycles. The maximum atomic E-state index is 12.7. The molecule has 0 aliphatic heterocycles. The summed E-state index contributed by atoms with van der Waals surface area (Å²) in [7, 11) is 0. The van der Waals surface area contributed by atoms with Crippen LogP contribution in [0.15, 0.2) is 83.6 Å². The first kappa shape index (κ1) is 15.1. The van der Waals surface area contributed by atoms with Crippen molar-refractivity contribution in [1.29, 1.82) is 0 Å². The van der Waals surface area contributed by atoms with Gasteiger partial charge in [-0.05, 0) is 29.8 Å². The molecule has 2 heterocycles. The fourth-order valence-electron chi connectivity index (χ4n) is 2.69. The number of carbonyl (C=O) groups is 1. The fraction of sp³-hybridized carbons (Fsp3) is 0.0500. The predicted molar refractivity (Wildman–Crippen MR) is 94.0 cm³/mol. The van der Waals surface area contributed by atoms with Crippen LogP contribution in [0.3, 0.4) is 0 Å². The van der Waals surface area contributed by atoms with Crippen LogP contribution in [0.25, 0.3) is 11.0 Å². The van der Waals surface area contributed by atoms with Crippen LogP contribution in [0.4, 0.5) is 0 Å². The Bertz CT molecular complexity index is 998. The van der Waals surface area contributed by atoms with E-state index in [-0.39, 0.29) is 11.6 Å². The van der Waals surface area contributed by atoms with Crippen molar-refractivity contribution in [2.45, 2.75) is 6.04 Å². The van der Waals surface area contributed by atoms with E-state index in [9.17, 15) is 4.79 Å². The van der Waals surface area contributed by atoms with Gasteiger partial charge in [-0.1, -0.05) is 42.5 Å². The number of aromatic nitrogens is 2. The highest BCUT2D eigenvalue weighted by Gasteiger charge is 2.21. The van der Waals surface area contributed by atoms with Gasteiger partial charge in [0.1, 0.15) is 17.5 Å². The molecule has 1 N–H and O–H groups in total. The Morgan fingerprint density at radius 1 is 0.920 bits per heavy atom. The van der Waals surface area contributed by atoms with Crippen LogP contribution in [0.1, 0.15) is 27.9 Å². The van der Waals surface area contributed by atoms with Crippen LogP contribution >= 0.6 is 0 Å². The van der Waals surface area contributed by atoms with Gasteiger partial charge in [0.05, 0.1) is 23.5 Å². The molecule has 2 aromatic heterocycles. The van der Waals surface area contributed by atoms with E-state index in [1.807, 2.05) is 60.7 Å². The smallest absolute Gasteiger partial charge is 0.272 e. The van der Waals surface area contributed by atoms with E-state index < -0.39 is 6.04 Å². The topological polar surface area (TPSA) is 68.0 Å². The number of furan rings is 1. The molecule has 0 bridgehead atoms. The molecule has 1 unspecified atom stereocenters. The van der Waals surface area contributed by atoms with Crippen LogP contribution in [0.2, 0.25) is 0 Å². The van der Waals surface area contributed by atoms with E-state index in [2.05, 4.69) is 15.3 Å². The lowest BCUT2D eigenvalue weighted by atomic mass is 10.0. The standard InChI is InChI=1S/C20H15N3O2/c24-20(17-13-21-15-9-4-5-10-16(15)22-17)23-19(18-11-6-12-25-18)14-7-2-1-3-8-14/h1-13,19H,(H,23,24). The first-order chi connectivity index (χ1) is 12.3. The van der Waals surface area contributed by atoms with E-state index in [4.69, 9.17) is 4.42 Å². The number of para-hydroxylation sites is 2. The number of hydrogen-bond donors (Lipinski definition) is 1. The van der Waals surface area contributed by atoms with Gasteiger partial charge < -0.3 is 9.73 Å². The zero-order chi connectivity index (χ0) is 17.1. The van der Waals surface area contributed by atoms with Crippen molar-refractivity contribution < 1.29 is 9.21 Å². The fourth-order valence-corrected chi connectivity index (χ4v) is 2.69. The molecule has 122 valence electrons. The molecule has 25 heavy (non-hydrogen) atoms. The highest BCUT2D eigenvalue weighted by Crippen LogP contribution is 2.22. The van der Waals surface area contributed by atoms with Gasteiger partial charge in [0.15, 0.2) is 0 Å². The van der Waals surface area contributed by atoms with Gasteiger partial charge in [-0.3, -0.25) is 9.78 Å². The molecule has 0 spiro atoms. The van der Waals surface area contributed by atoms with Gasteiger partial charge in [0.25, 0.3) is 5.91 Å². The van der Waals surface area contributed by atoms with E-state index in [1.54, 1.807) is 12.3 Å². The number of nitrogens with one attached hydrogen (secondary N) is 1. The Balaban J connectivity index is 1.66. The first-order valence-corrected chi connectivity index (χ1v) is 7.92. The molecule has 0 saturated heterocycles. The van der Waals surface area contributed by atoms with Crippen molar-refractivity contribution >= 4 is 16.9 Å². The molecule has 2 aromatic carbocycles. The number of nitrogens with zero attached hydrogens (tertiary/aromatic N) is 2. The zero-order valence-electron chi connectivity index (χ0n) is 13.3. The molecule has 4 aromatic rings. The molecule has 4 rings (SSSR count). The van der Waals surface area contributed by atoms with Crippen molar-refractivity contribution in [3.8, 4) is 0 Å². The molecule has 5 heteroatoms. The maximum absolute atomic E-state index is 12.7. The van der Waals surface area contributed by atoms with E-state index in [0.717, 1.165) is 11.1 Å². The van der Waals surface area contributed by atoms with E-state index in [0.29, 0.717) is 11.3 Å². The van der Waals surface area contributed by atoms with Crippen molar-refractivity contribution in [3.05, 3.63) is 96.2 Å². The number of rotatable bonds is 4. The second-order valence-corrected chi connectivity index (χ2v) is 5.58. The van der Waals surface area contributed by atoms with Gasteiger partial charge >= 0.3 is 0 Å². The summed E-state index contributed by atoms with van der Waals surface area (Å²) in [5, 5.41) is 2.98. The summed E-state index contributed by atoms with van der Waals surface area (Å²) in [6.07, 6.45) is 3.08. The van der Waals surface area contributed by atoms with Crippen LogP contribution in [-0.4, -0.2) is 15.9 Å². The summed E-state index contributed by atoms with van der Waals surface area (Å²) in [6, 6.07) is 20.4. The second kappa shape index (κ2) is 6.57. The second-order valence-electron chi connectivity index (χ2n) is 5.58. The van der Waals surface area contributed by atoms with Crippen molar-refractivity contribution in [2.24, 2.45) is 0 Å². The molecule has 0 aliphatic carbocycles. The molecule has 5 nitrogen and oxygen atoms in total. The third-order valence-corrected chi connectivity index (χ3v) is 3.92. The minimum Gasteiger partial charge on any atom is -0.467 e. The van der Waals surface area contributed by atoms with Crippen LogP contribution in [0.5, 0.6) is 0 Å². The average Bonchev–Trinajstić information content (AvgIpc) is 3.20. The third-order valence-electron chi connectivity index (χ3n) is 3.92. The van der Waals surface area contributed by atoms with Crippen LogP contribution in [0, 0.1) is 0 Å². The van der Waals surface area contributed by atoms with Gasteiger partial charge in [-0.15, -0.1) is 0 Å². The Morgan fingerprint density at radius 3 is 2.44 bits per heavy atom. The largest absolute Gasteiger partial charge is 0.467 e. The molecule has 1 atom stereocenters. The Hall–Kier alpha value is -3.47. The number of amides is 1. The van der Waals surface area contributed by atoms with Crippen LogP contribution < -0.4 is 5.32 Å². The highest BCUT2D eigenvalue weighted by atomic mass is 16.3. The summed E-state index contributed by atoms with van der Waals surface area (Å²) in [4.78, 5) is 21.4. The molecule has 0 radical (unpaired) electrons. The van der Waals surface area contributed by atoms with Gasteiger partial charge in [0.2, 0.25) is 0 Å². The maximum Gasteiger partial charge on any atom is 0.272 e. The Morgan fingerprint density at radius 2 is 1.68 bits per heavy atom. The zero-order valence-corrected chi connectivity index (χ0v) is 13.3. The van der Waals surface area contributed by atoms with Gasteiger partial charge in [-0.2, -0.15) is 0 Å². The number of carbonyl (C=O) groups excluding carboxylic acids is 1. The average molecular weight is 329 g/mol. The normalized spacial score (nSPS) is 12.0. The Labute approximate surface area is 144 Å². The number of hydrogen-bond acceptors (Lipinski definition) is 4. The lowest BCUT2D eigenvalue weighted by Crippen LogP contribution is -2.29. The van der Waals surface area contributed by atoms with Crippen molar-refractivity contribution in [2.75, 3.05) is 0 Å². The number of fused-ring (bicyclic) bond motifs is 1. The summed E-state index contributed by atoms with van der Waals surface area (Å²) >= 11 is 0. The summed E-state index contributed by atoms with van der Waals surface area (Å²) in [5.74, 6) is 0.358. The quantitative estimate of drug-likeness (QED) is 0.619. The molecule has 1 amide bonds. The summed E-state index contributed by atoms with van der Waals surface area (Å²) < 4.78 is 5.51. The van der Waals surface area contributed by atoms with Crippen LogP contribution in [-0.2, 0) is 0 Å². The molecular weight excluding hydrogens is 314 g/mol. The monoisotopic (exact) mass is 329 g/mol. The highest BCUT2D eigenvalue weighted by molar-refractivity contribution is 5.94. The Kier molecular flexibility index (Phi) is 3.96. The summed E-state index contributed by atoms with van der Waals surface area (Å²) in [6.45, 7) is 0. The minimum absolute atomic E-state index is 0.270.